The van der Waals surface area contributed by atoms with Crippen molar-refractivity contribution in [1.82, 2.24) is 25.2 Å². The van der Waals surface area contributed by atoms with Crippen LogP contribution < -0.4 is 10.1 Å². The van der Waals surface area contributed by atoms with E-state index in [1.165, 1.54) is 30.4 Å². The third kappa shape index (κ3) is 6.63. The summed E-state index contributed by atoms with van der Waals surface area (Å²) >= 11 is 1.31. The van der Waals surface area contributed by atoms with Crippen LogP contribution in [0, 0.1) is 5.82 Å². The Morgan fingerprint density at radius 2 is 2.00 bits per heavy atom. The van der Waals surface area contributed by atoms with E-state index in [9.17, 15) is 18.0 Å². The molecule has 2 atom stereocenters. The fraction of sp³-hybridized carbons (Fsp3) is 0.440. The van der Waals surface area contributed by atoms with E-state index < -0.39 is 29.8 Å². The monoisotopic (exact) mass is 553 g/mol. The number of hydrogen-bond acceptors (Lipinski definition) is 8. The van der Waals surface area contributed by atoms with Crippen LogP contribution in [0.3, 0.4) is 0 Å². The zero-order valence-electron chi connectivity index (χ0n) is 21.0. The molecule has 1 fully saturated rings. The maximum absolute atomic E-state index is 15.7. The van der Waals surface area contributed by atoms with Crippen molar-refractivity contribution in [3.63, 3.8) is 0 Å². The molecule has 204 valence electrons. The lowest BCUT2D eigenvalue weighted by molar-refractivity contribution is -0.145. The van der Waals surface area contributed by atoms with Crippen LogP contribution in [0.1, 0.15) is 46.5 Å². The van der Waals surface area contributed by atoms with Gasteiger partial charge in [0.25, 0.3) is 5.91 Å². The van der Waals surface area contributed by atoms with Crippen LogP contribution in [0.15, 0.2) is 30.7 Å². The molecule has 1 saturated heterocycles. The number of alkyl halides is 3. The summed E-state index contributed by atoms with van der Waals surface area (Å²) < 4.78 is 65.6. The number of carbonyl (C=O) groups excluding carboxylic acids is 1. The molecule has 0 bridgehead atoms. The van der Waals surface area contributed by atoms with Crippen molar-refractivity contribution in [1.29, 1.82) is 0 Å². The second-order valence-electron chi connectivity index (χ2n) is 8.92. The van der Waals surface area contributed by atoms with Gasteiger partial charge in [-0.25, -0.2) is 19.3 Å². The van der Waals surface area contributed by atoms with Crippen LogP contribution in [0.2, 0.25) is 0 Å². The predicted octanol–water partition coefficient (Wildman–Crippen LogP) is 4.52. The molecule has 1 aliphatic heterocycles. The van der Waals surface area contributed by atoms with Crippen molar-refractivity contribution in [3.05, 3.63) is 58.4 Å². The number of thiazole rings is 1. The highest BCUT2D eigenvalue weighted by atomic mass is 32.1. The molecule has 1 amide bonds. The SMILES string of the molecule is CCc1cnc(-c2cc(OC[C@H]3CN(C)CCO3)cc(C(=O)N[C@H](C)c3cnc(C(F)(F)F)nc3)c2F)s1. The van der Waals surface area contributed by atoms with Crippen LogP contribution in [0.4, 0.5) is 17.6 Å². The molecule has 38 heavy (non-hydrogen) atoms. The molecule has 2 aromatic heterocycles. The van der Waals surface area contributed by atoms with Gasteiger partial charge in [0.1, 0.15) is 29.3 Å². The van der Waals surface area contributed by atoms with Gasteiger partial charge in [-0.05, 0) is 32.5 Å². The number of carbonyl (C=O) groups is 1. The maximum atomic E-state index is 15.7. The summed E-state index contributed by atoms with van der Waals surface area (Å²) in [6.45, 7) is 5.74. The summed E-state index contributed by atoms with van der Waals surface area (Å²) in [5.74, 6) is -2.58. The van der Waals surface area contributed by atoms with Crippen molar-refractivity contribution >= 4 is 17.2 Å². The Bertz CT molecular complexity index is 1270. The number of nitrogens with one attached hydrogen (secondary N) is 1. The molecule has 0 saturated carbocycles. The van der Waals surface area contributed by atoms with Crippen LogP contribution in [-0.4, -0.2) is 65.2 Å². The van der Waals surface area contributed by atoms with Gasteiger partial charge < -0.3 is 19.7 Å². The van der Waals surface area contributed by atoms with Gasteiger partial charge in [0.15, 0.2) is 0 Å². The maximum Gasteiger partial charge on any atom is 0.451 e. The van der Waals surface area contributed by atoms with Crippen LogP contribution in [0.25, 0.3) is 10.6 Å². The molecule has 13 heteroatoms. The zero-order chi connectivity index (χ0) is 27.4. The Hall–Kier alpha value is -3.16. The van der Waals surface area contributed by atoms with Gasteiger partial charge in [-0.1, -0.05) is 6.92 Å². The van der Waals surface area contributed by atoms with Gasteiger partial charge in [-0.3, -0.25) is 4.79 Å². The minimum absolute atomic E-state index is 0.115. The first-order valence-electron chi connectivity index (χ1n) is 12.0. The number of likely N-dealkylation sites (N-methyl/N-ethyl adjacent to an activating group) is 1. The molecule has 8 nitrogen and oxygen atoms in total. The van der Waals surface area contributed by atoms with E-state index in [0.29, 0.717) is 18.2 Å². The van der Waals surface area contributed by atoms with Gasteiger partial charge >= 0.3 is 6.18 Å². The first kappa shape index (κ1) is 27.9. The summed E-state index contributed by atoms with van der Waals surface area (Å²) in [6, 6.07) is 2.00. The lowest BCUT2D eigenvalue weighted by Gasteiger charge is -2.29. The zero-order valence-corrected chi connectivity index (χ0v) is 21.8. The third-order valence-corrected chi connectivity index (χ3v) is 7.15. The number of hydrogen-bond donors (Lipinski definition) is 1. The molecular weight excluding hydrogens is 526 g/mol. The molecule has 4 rings (SSSR count). The number of halogens is 4. The normalized spacial score (nSPS) is 17.3. The lowest BCUT2D eigenvalue weighted by atomic mass is 10.1. The summed E-state index contributed by atoms with van der Waals surface area (Å²) in [6.07, 6.45) is -0.536. The van der Waals surface area contributed by atoms with Gasteiger partial charge in [-0.15, -0.1) is 11.3 Å². The van der Waals surface area contributed by atoms with Crippen molar-refractivity contribution in [3.8, 4) is 16.3 Å². The van der Waals surface area contributed by atoms with Crippen molar-refractivity contribution in [2.45, 2.75) is 38.6 Å². The molecule has 3 heterocycles. The minimum atomic E-state index is -4.68. The van der Waals surface area contributed by atoms with Crippen LogP contribution >= 0.6 is 11.3 Å². The Morgan fingerprint density at radius 3 is 2.63 bits per heavy atom. The molecule has 0 aliphatic carbocycles. The van der Waals surface area contributed by atoms with Gasteiger partial charge in [0.2, 0.25) is 5.82 Å². The second-order valence-corrected chi connectivity index (χ2v) is 10.0. The summed E-state index contributed by atoms with van der Waals surface area (Å²) in [7, 11) is 1.98. The second kappa shape index (κ2) is 11.7. The fourth-order valence-corrected chi connectivity index (χ4v) is 4.68. The molecule has 0 spiro atoms. The van der Waals surface area contributed by atoms with Gasteiger partial charge in [0, 0.05) is 42.1 Å². The number of aromatic nitrogens is 3. The Morgan fingerprint density at radius 1 is 1.26 bits per heavy atom. The number of aryl methyl sites for hydroxylation is 1. The quantitative estimate of drug-likeness (QED) is 0.411. The number of benzene rings is 1. The average molecular weight is 554 g/mol. The van der Waals surface area contributed by atoms with Gasteiger partial charge in [0.05, 0.1) is 23.8 Å². The van der Waals surface area contributed by atoms with E-state index in [0.717, 1.165) is 30.2 Å². The van der Waals surface area contributed by atoms with Crippen LogP contribution in [0.5, 0.6) is 5.75 Å². The average Bonchev–Trinajstić information content (AvgIpc) is 3.37. The topological polar surface area (TPSA) is 89.5 Å². The fourth-order valence-electron chi connectivity index (χ4n) is 3.82. The van der Waals surface area contributed by atoms with Crippen molar-refractivity contribution in [2.75, 3.05) is 33.4 Å². The molecule has 1 N–H and O–H groups in total. The molecule has 3 aromatic rings. The number of ether oxygens (including phenoxy) is 2. The largest absolute Gasteiger partial charge is 0.491 e. The molecular formula is C25H27F4N5O3S. The molecule has 1 aliphatic rings. The Labute approximate surface area is 221 Å². The van der Waals surface area contributed by atoms with E-state index in [2.05, 4.69) is 25.2 Å². The van der Waals surface area contributed by atoms with E-state index in [1.807, 2.05) is 14.0 Å². The van der Waals surface area contributed by atoms with Gasteiger partial charge in [-0.2, -0.15) is 13.2 Å². The van der Waals surface area contributed by atoms with E-state index in [-0.39, 0.29) is 35.2 Å². The number of rotatable bonds is 8. The van der Waals surface area contributed by atoms with Crippen LogP contribution in [-0.2, 0) is 17.3 Å². The van der Waals surface area contributed by atoms with Crippen molar-refractivity contribution in [2.24, 2.45) is 0 Å². The highest BCUT2D eigenvalue weighted by Gasteiger charge is 2.34. The lowest BCUT2D eigenvalue weighted by Crippen LogP contribution is -2.42. The molecule has 0 unspecified atom stereocenters. The molecule has 0 radical (unpaired) electrons. The highest BCUT2D eigenvalue weighted by Crippen LogP contribution is 2.33. The third-order valence-electron chi connectivity index (χ3n) is 5.97. The minimum Gasteiger partial charge on any atom is -0.491 e. The van der Waals surface area contributed by atoms with E-state index in [1.54, 1.807) is 6.20 Å². The Kier molecular flexibility index (Phi) is 8.58. The smallest absolute Gasteiger partial charge is 0.451 e. The number of amides is 1. The highest BCUT2D eigenvalue weighted by molar-refractivity contribution is 7.15. The Balaban J connectivity index is 1.58. The summed E-state index contributed by atoms with van der Waals surface area (Å²) in [5, 5.41) is 3.00. The number of nitrogens with zero attached hydrogens (tertiary/aromatic N) is 4. The van der Waals surface area contributed by atoms with Crippen molar-refractivity contribution < 1.29 is 31.8 Å². The first-order valence-corrected chi connectivity index (χ1v) is 12.8. The predicted molar refractivity (Wildman–Crippen MR) is 133 cm³/mol. The van der Waals surface area contributed by atoms with E-state index >= 15 is 4.39 Å². The standard InChI is InChI=1S/C25H27F4N5O3S/c1-4-18-11-30-23(38-18)20-8-16(37-13-17-12-34(3)5-6-36-17)7-19(21(20)26)22(35)33-14(2)15-9-31-24(32-10-15)25(27,28)29/h7-11,14,17H,4-6,12-13H2,1-3H3,(H,33,35)/t14-,17-/m1/s1. The summed E-state index contributed by atoms with van der Waals surface area (Å²) in [5.41, 5.74) is 0.0575. The van der Waals surface area contributed by atoms with E-state index in [4.69, 9.17) is 9.47 Å². The summed E-state index contributed by atoms with van der Waals surface area (Å²) in [4.78, 5) is 27.1. The number of morpholine rings is 1. The first-order chi connectivity index (χ1) is 18.0. The molecule has 1 aromatic carbocycles.